The zero-order valence-corrected chi connectivity index (χ0v) is 24.6. The monoisotopic (exact) mass is 609 g/mol. The van der Waals surface area contributed by atoms with E-state index in [4.69, 9.17) is 16.3 Å². The van der Waals surface area contributed by atoms with Crippen molar-refractivity contribution in [3.8, 4) is 0 Å². The number of ether oxygens (including phenoxy) is 1. The number of amides is 2. The second kappa shape index (κ2) is 11.4. The van der Waals surface area contributed by atoms with Gasteiger partial charge in [0.25, 0.3) is 0 Å². The Morgan fingerprint density at radius 1 is 1.10 bits per heavy atom. The normalized spacial score (nSPS) is 21.2. The van der Waals surface area contributed by atoms with Gasteiger partial charge in [-0.05, 0) is 58.9 Å². The van der Waals surface area contributed by atoms with Gasteiger partial charge in [-0.2, -0.15) is 18.2 Å². The highest BCUT2D eigenvalue weighted by atomic mass is 35.5. The van der Waals surface area contributed by atoms with Crippen LogP contribution in [0.3, 0.4) is 0 Å². The van der Waals surface area contributed by atoms with Gasteiger partial charge < -0.3 is 24.8 Å². The van der Waals surface area contributed by atoms with E-state index in [9.17, 15) is 22.8 Å². The second-order valence-corrected chi connectivity index (χ2v) is 12.6. The van der Waals surface area contributed by atoms with Crippen molar-refractivity contribution >= 4 is 46.7 Å². The average Bonchev–Trinajstić information content (AvgIpc) is 3.24. The van der Waals surface area contributed by atoms with Gasteiger partial charge in [0.15, 0.2) is 5.82 Å². The Kier molecular flexibility index (Phi) is 8.16. The molecule has 3 aliphatic rings. The van der Waals surface area contributed by atoms with Gasteiger partial charge in [0.2, 0.25) is 11.9 Å². The largest absolute Gasteiger partial charge is 0.444 e. The minimum absolute atomic E-state index is 0.000338. The zero-order valence-electron chi connectivity index (χ0n) is 23.9. The Morgan fingerprint density at radius 3 is 2.50 bits per heavy atom. The van der Waals surface area contributed by atoms with Crippen molar-refractivity contribution in [2.24, 2.45) is 11.3 Å². The number of hydrogen-bond donors (Lipinski definition) is 1. The molecule has 10 nitrogen and oxygen atoms in total. The molecule has 3 saturated heterocycles. The van der Waals surface area contributed by atoms with E-state index in [1.807, 2.05) is 20.8 Å². The topological polar surface area (TPSA) is 104 Å². The molecule has 3 aliphatic heterocycles. The number of likely N-dealkylation sites (tertiary alicyclic amines) is 1. The molecule has 42 heavy (non-hydrogen) atoms. The third-order valence-corrected chi connectivity index (χ3v) is 8.35. The fourth-order valence-corrected chi connectivity index (χ4v) is 6.03. The van der Waals surface area contributed by atoms with Crippen LogP contribution in [0.25, 0.3) is 0 Å². The molecule has 1 spiro atoms. The number of halogens is 4. The lowest BCUT2D eigenvalue weighted by Gasteiger charge is -2.38. The van der Waals surface area contributed by atoms with E-state index in [0.717, 1.165) is 0 Å². The first-order chi connectivity index (χ1) is 19.7. The Bertz CT molecular complexity index is 1330. The number of alkyl halides is 3. The van der Waals surface area contributed by atoms with Crippen molar-refractivity contribution in [2.75, 3.05) is 47.8 Å². The Hall–Kier alpha value is -3.35. The summed E-state index contributed by atoms with van der Waals surface area (Å²) in [5, 5.41) is 3.22. The maximum absolute atomic E-state index is 13.6. The molecule has 0 aromatic carbocycles. The number of pyridine rings is 1. The molecule has 1 atom stereocenters. The number of nitrogens with zero attached hydrogens (tertiary/aromatic N) is 6. The summed E-state index contributed by atoms with van der Waals surface area (Å²) in [5.41, 5.74) is -0.00447. The number of carbonyl (C=O) groups is 2. The van der Waals surface area contributed by atoms with E-state index in [-0.39, 0.29) is 41.8 Å². The van der Waals surface area contributed by atoms with Crippen LogP contribution in [-0.4, -0.2) is 76.4 Å². The second-order valence-electron chi connectivity index (χ2n) is 12.2. The van der Waals surface area contributed by atoms with Gasteiger partial charge in [0.05, 0.1) is 41.3 Å². The molecule has 1 unspecified atom stereocenters. The highest BCUT2D eigenvalue weighted by molar-refractivity contribution is 6.32. The van der Waals surface area contributed by atoms with Crippen LogP contribution in [0.1, 0.15) is 52.9 Å². The molecule has 0 bridgehead atoms. The zero-order chi connectivity index (χ0) is 30.3. The van der Waals surface area contributed by atoms with Crippen LogP contribution < -0.4 is 15.1 Å². The molecular formula is C28H35ClF3N7O3. The lowest BCUT2D eigenvalue weighted by molar-refractivity contribution is -0.176. The molecule has 3 fully saturated rings. The summed E-state index contributed by atoms with van der Waals surface area (Å²) < 4.78 is 45.5. The Labute approximate surface area is 247 Å². The smallest absolute Gasteiger partial charge is 0.410 e. The summed E-state index contributed by atoms with van der Waals surface area (Å²) in [6.07, 6.45) is 2.10. The van der Waals surface area contributed by atoms with Crippen LogP contribution in [0.2, 0.25) is 5.02 Å². The van der Waals surface area contributed by atoms with Crippen LogP contribution in [0, 0.1) is 11.3 Å². The van der Waals surface area contributed by atoms with Crippen molar-refractivity contribution in [1.29, 1.82) is 0 Å². The quantitative estimate of drug-likeness (QED) is 0.464. The van der Waals surface area contributed by atoms with Gasteiger partial charge in [-0.15, -0.1) is 0 Å². The Balaban J connectivity index is 1.25. The molecule has 2 aromatic heterocycles. The molecule has 14 heteroatoms. The molecule has 228 valence electrons. The number of rotatable bonds is 4. The SMILES string of the molecule is CC(C)(C)OC(=O)N1CCC2(CC1)CCN(c1cncc(Nc3ncc(Cl)c(N4CCCC(C(F)(F)F)C4)n3)c1)C2=O. The summed E-state index contributed by atoms with van der Waals surface area (Å²) in [7, 11) is 0. The lowest BCUT2D eigenvalue weighted by Crippen LogP contribution is -2.48. The van der Waals surface area contributed by atoms with Gasteiger partial charge in [-0.25, -0.2) is 9.78 Å². The van der Waals surface area contributed by atoms with Crippen molar-refractivity contribution in [2.45, 2.75) is 64.7 Å². The number of hydrogen-bond acceptors (Lipinski definition) is 8. The van der Waals surface area contributed by atoms with Gasteiger partial charge >= 0.3 is 12.3 Å². The van der Waals surface area contributed by atoms with Gasteiger partial charge in [-0.1, -0.05) is 11.6 Å². The van der Waals surface area contributed by atoms with Gasteiger partial charge in [0, 0.05) is 32.7 Å². The predicted molar refractivity (Wildman–Crippen MR) is 152 cm³/mol. The molecule has 1 N–H and O–H groups in total. The minimum atomic E-state index is -4.29. The first-order valence-corrected chi connectivity index (χ1v) is 14.5. The maximum atomic E-state index is 13.6. The van der Waals surface area contributed by atoms with E-state index >= 15 is 0 Å². The van der Waals surface area contributed by atoms with Gasteiger partial charge in [-0.3, -0.25) is 9.78 Å². The molecule has 5 rings (SSSR count). The molecule has 2 aromatic rings. The van der Waals surface area contributed by atoms with Crippen LogP contribution in [0.5, 0.6) is 0 Å². The number of carbonyl (C=O) groups excluding carboxylic acids is 2. The average molecular weight is 610 g/mol. The number of aromatic nitrogens is 3. The molecule has 5 heterocycles. The highest BCUT2D eigenvalue weighted by Gasteiger charge is 2.49. The molecule has 0 saturated carbocycles. The molecule has 0 radical (unpaired) electrons. The summed E-state index contributed by atoms with van der Waals surface area (Å²) in [4.78, 5) is 43.9. The summed E-state index contributed by atoms with van der Waals surface area (Å²) in [6, 6.07) is 1.76. The van der Waals surface area contributed by atoms with Crippen molar-refractivity contribution in [1.82, 2.24) is 19.9 Å². The van der Waals surface area contributed by atoms with Crippen LogP contribution in [0.15, 0.2) is 24.7 Å². The van der Waals surface area contributed by atoms with E-state index in [0.29, 0.717) is 63.2 Å². The molecular weight excluding hydrogens is 575 g/mol. The fourth-order valence-electron chi connectivity index (χ4n) is 5.82. The molecule has 0 aliphatic carbocycles. The van der Waals surface area contributed by atoms with Crippen LogP contribution in [-0.2, 0) is 9.53 Å². The lowest BCUT2D eigenvalue weighted by atomic mass is 9.77. The van der Waals surface area contributed by atoms with Crippen molar-refractivity contribution in [3.63, 3.8) is 0 Å². The van der Waals surface area contributed by atoms with Crippen molar-refractivity contribution in [3.05, 3.63) is 29.7 Å². The number of nitrogens with one attached hydrogen (secondary N) is 1. The van der Waals surface area contributed by atoms with E-state index in [2.05, 4.69) is 20.3 Å². The van der Waals surface area contributed by atoms with Gasteiger partial charge in [0.1, 0.15) is 10.6 Å². The standard InChI is InChI=1S/C28H35ClF3N7O3/c1-26(2,3)42-25(41)37-10-6-27(7-11-37)8-12-39(23(27)40)20-13-19(14-33-15-20)35-24-34-16-21(29)22(36-24)38-9-4-5-18(17-38)28(30,31)32/h13-16,18H,4-12,17H2,1-3H3,(H,34,35,36). The van der Waals surface area contributed by atoms with E-state index < -0.39 is 23.1 Å². The Morgan fingerprint density at radius 2 is 1.81 bits per heavy atom. The predicted octanol–water partition coefficient (Wildman–Crippen LogP) is 5.80. The first kappa shape index (κ1) is 30.1. The summed E-state index contributed by atoms with van der Waals surface area (Å²) >= 11 is 6.29. The first-order valence-electron chi connectivity index (χ1n) is 14.1. The third-order valence-electron chi connectivity index (χ3n) is 8.09. The minimum Gasteiger partial charge on any atom is -0.444 e. The molecule has 2 amide bonds. The number of piperidine rings is 2. The highest BCUT2D eigenvalue weighted by Crippen LogP contribution is 2.43. The third kappa shape index (κ3) is 6.50. The fraction of sp³-hybridized carbons (Fsp3) is 0.607. The van der Waals surface area contributed by atoms with Crippen LogP contribution >= 0.6 is 11.6 Å². The van der Waals surface area contributed by atoms with Crippen molar-refractivity contribution < 1.29 is 27.5 Å². The number of anilines is 4. The van der Waals surface area contributed by atoms with Crippen LogP contribution in [0.4, 0.5) is 41.1 Å². The van der Waals surface area contributed by atoms with E-state index in [1.54, 1.807) is 33.2 Å². The maximum Gasteiger partial charge on any atom is 0.410 e. The summed E-state index contributed by atoms with van der Waals surface area (Å²) in [5.74, 6) is -1.05. The van der Waals surface area contributed by atoms with E-state index in [1.165, 1.54) is 6.20 Å². The summed E-state index contributed by atoms with van der Waals surface area (Å²) in [6.45, 7) is 7.09.